The second-order valence-electron chi connectivity index (χ2n) is 3.80. The lowest BCUT2D eigenvalue weighted by atomic mass is 10.3. The number of para-hydroxylation sites is 1. The van der Waals surface area contributed by atoms with Crippen molar-refractivity contribution in [1.82, 2.24) is 10.9 Å². The number of nitrogens with one attached hydrogen (secondary N) is 3. The van der Waals surface area contributed by atoms with Crippen molar-refractivity contribution < 1.29 is 4.79 Å². The minimum Gasteiger partial charge on any atom is -0.307 e. The van der Waals surface area contributed by atoms with Crippen molar-refractivity contribution in [2.45, 2.75) is 19.8 Å². The summed E-state index contributed by atoms with van der Waals surface area (Å²) in [5.74, 6) is 0.984. The molecule has 0 heterocycles. The Bertz CT molecular complexity index is 408. The van der Waals surface area contributed by atoms with Gasteiger partial charge in [-0.3, -0.25) is 10.4 Å². The molecule has 0 saturated carbocycles. The van der Waals surface area contributed by atoms with Gasteiger partial charge in [0.2, 0.25) is 0 Å². The van der Waals surface area contributed by atoms with Crippen molar-refractivity contribution in [1.29, 1.82) is 0 Å². The number of anilines is 1. The molecule has 3 N–H and O–H groups in total. The number of thioether (sulfide) groups is 1. The van der Waals surface area contributed by atoms with E-state index in [9.17, 15) is 4.79 Å². The van der Waals surface area contributed by atoms with E-state index in [0.717, 1.165) is 24.3 Å². The Morgan fingerprint density at radius 3 is 2.63 bits per heavy atom. The summed E-state index contributed by atoms with van der Waals surface area (Å²) in [4.78, 5) is 15.7. The molecule has 0 aliphatic heterocycles. The molecule has 0 aromatic heterocycles. The number of urea groups is 1. The third-order valence-electron chi connectivity index (χ3n) is 2.25. The summed E-state index contributed by atoms with van der Waals surface area (Å²) in [5, 5.41) is 3.42. The maximum absolute atomic E-state index is 11.6. The van der Waals surface area contributed by atoms with Crippen LogP contribution in [0.2, 0.25) is 0 Å². The van der Waals surface area contributed by atoms with E-state index >= 15 is 0 Å². The van der Waals surface area contributed by atoms with Gasteiger partial charge in [-0.2, -0.15) is 0 Å². The molecule has 0 radical (unpaired) electrons. The van der Waals surface area contributed by atoms with E-state index in [4.69, 9.17) is 0 Å². The molecule has 0 saturated heterocycles. The maximum Gasteiger partial charge on any atom is 0.337 e. The van der Waals surface area contributed by atoms with Crippen LogP contribution in [0.25, 0.3) is 0 Å². The van der Waals surface area contributed by atoms with Gasteiger partial charge in [0.25, 0.3) is 0 Å². The SMILES string of the molecule is CCCCSC(=NC)NNC(=O)Nc1ccccc1. The zero-order valence-electron chi connectivity index (χ0n) is 11.3. The number of amidine groups is 1. The van der Waals surface area contributed by atoms with E-state index in [1.54, 1.807) is 18.8 Å². The number of nitrogens with zero attached hydrogens (tertiary/aromatic N) is 1. The summed E-state index contributed by atoms with van der Waals surface area (Å²) in [5.41, 5.74) is 6.10. The topological polar surface area (TPSA) is 65.5 Å². The molecule has 0 aliphatic rings. The van der Waals surface area contributed by atoms with Crippen molar-refractivity contribution in [2.24, 2.45) is 4.99 Å². The second-order valence-corrected chi connectivity index (χ2v) is 4.88. The summed E-state index contributed by atoms with van der Waals surface area (Å²) in [7, 11) is 1.69. The predicted molar refractivity (Wildman–Crippen MR) is 82.5 cm³/mol. The van der Waals surface area contributed by atoms with Crippen molar-refractivity contribution in [3.8, 4) is 0 Å². The van der Waals surface area contributed by atoms with Gasteiger partial charge in [0.1, 0.15) is 0 Å². The van der Waals surface area contributed by atoms with E-state index in [0.29, 0.717) is 5.17 Å². The van der Waals surface area contributed by atoms with Gasteiger partial charge in [0, 0.05) is 18.5 Å². The van der Waals surface area contributed by atoms with Crippen LogP contribution >= 0.6 is 11.8 Å². The molecule has 0 atom stereocenters. The first-order chi connectivity index (χ1) is 9.26. The number of hydrazine groups is 1. The smallest absolute Gasteiger partial charge is 0.307 e. The van der Waals surface area contributed by atoms with Crippen LogP contribution in [0, 0.1) is 0 Å². The molecule has 6 heteroatoms. The van der Waals surface area contributed by atoms with Gasteiger partial charge in [0.15, 0.2) is 5.17 Å². The third-order valence-corrected chi connectivity index (χ3v) is 3.31. The first kappa shape index (κ1) is 15.4. The molecular formula is C13H20N4OS. The monoisotopic (exact) mass is 280 g/mol. The average Bonchev–Trinajstić information content (AvgIpc) is 2.44. The molecule has 0 aliphatic carbocycles. The normalized spacial score (nSPS) is 10.9. The van der Waals surface area contributed by atoms with Crippen LogP contribution in [0.15, 0.2) is 35.3 Å². The second kappa shape index (κ2) is 9.27. The quantitative estimate of drug-likeness (QED) is 0.344. The highest BCUT2D eigenvalue weighted by Gasteiger charge is 2.02. The molecule has 2 amide bonds. The van der Waals surface area contributed by atoms with Crippen molar-refractivity contribution in [2.75, 3.05) is 18.1 Å². The van der Waals surface area contributed by atoms with Gasteiger partial charge in [-0.1, -0.05) is 43.3 Å². The van der Waals surface area contributed by atoms with Crippen molar-refractivity contribution in [3.05, 3.63) is 30.3 Å². The molecule has 1 aromatic carbocycles. The molecular weight excluding hydrogens is 260 g/mol. The fraction of sp³-hybridized carbons (Fsp3) is 0.385. The number of hydrogen-bond donors (Lipinski definition) is 3. The first-order valence-corrected chi connectivity index (χ1v) is 7.22. The molecule has 0 spiro atoms. The van der Waals surface area contributed by atoms with Crippen LogP contribution in [0.5, 0.6) is 0 Å². The third kappa shape index (κ3) is 6.71. The number of carbonyl (C=O) groups excluding carboxylic acids is 1. The Hall–Kier alpha value is -1.69. The molecule has 5 nitrogen and oxygen atoms in total. The van der Waals surface area contributed by atoms with Gasteiger partial charge in [-0.25, -0.2) is 10.2 Å². The molecule has 0 bridgehead atoms. The molecule has 0 fully saturated rings. The maximum atomic E-state index is 11.6. The molecule has 104 valence electrons. The zero-order valence-corrected chi connectivity index (χ0v) is 12.1. The standard InChI is InChI=1S/C13H20N4OS/c1-3-4-10-19-13(14-2)17-16-12(18)15-11-8-6-5-7-9-11/h5-9H,3-4,10H2,1-2H3,(H,14,17)(H2,15,16,18). The molecule has 19 heavy (non-hydrogen) atoms. The first-order valence-electron chi connectivity index (χ1n) is 6.24. The van der Waals surface area contributed by atoms with Crippen LogP contribution in [0.3, 0.4) is 0 Å². The van der Waals surface area contributed by atoms with Crippen LogP contribution in [-0.4, -0.2) is 24.0 Å². The summed E-state index contributed by atoms with van der Waals surface area (Å²) < 4.78 is 0. The Balaban J connectivity index is 2.29. The Morgan fingerprint density at radius 1 is 1.26 bits per heavy atom. The molecule has 1 aromatic rings. The van der Waals surface area contributed by atoms with E-state index in [1.165, 1.54) is 0 Å². The highest BCUT2D eigenvalue weighted by molar-refractivity contribution is 8.13. The Labute approximate surface area is 118 Å². The number of carbonyl (C=O) groups is 1. The van der Waals surface area contributed by atoms with Crippen LogP contribution < -0.4 is 16.2 Å². The summed E-state index contributed by atoms with van der Waals surface area (Å²) >= 11 is 1.59. The summed E-state index contributed by atoms with van der Waals surface area (Å²) in [6.45, 7) is 2.14. The number of rotatable bonds is 4. The number of unbranched alkanes of at least 4 members (excludes halogenated alkanes) is 1. The Kier molecular flexibility index (Phi) is 7.50. The lowest BCUT2D eigenvalue weighted by molar-refractivity contribution is 0.250. The lowest BCUT2D eigenvalue weighted by Crippen LogP contribution is -2.43. The highest BCUT2D eigenvalue weighted by Crippen LogP contribution is 2.05. The van der Waals surface area contributed by atoms with Gasteiger partial charge >= 0.3 is 6.03 Å². The van der Waals surface area contributed by atoms with Gasteiger partial charge in [-0.05, 0) is 18.6 Å². The minimum absolute atomic E-state index is 0.316. The van der Waals surface area contributed by atoms with E-state index in [-0.39, 0.29) is 6.03 Å². The van der Waals surface area contributed by atoms with Crippen molar-refractivity contribution in [3.63, 3.8) is 0 Å². The van der Waals surface area contributed by atoms with Crippen molar-refractivity contribution >= 4 is 28.6 Å². The van der Waals surface area contributed by atoms with Gasteiger partial charge in [-0.15, -0.1) is 0 Å². The molecule has 1 rings (SSSR count). The minimum atomic E-state index is -0.316. The zero-order chi connectivity index (χ0) is 13.9. The molecule has 0 unspecified atom stereocenters. The predicted octanol–water partition coefficient (Wildman–Crippen LogP) is 2.83. The summed E-state index contributed by atoms with van der Waals surface area (Å²) in [6.07, 6.45) is 2.27. The largest absolute Gasteiger partial charge is 0.337 e. The fourth-order valence-corrected chi connectivity index (χ4v) is 2.14. The number of benzene rings is 1. The average molecular weight is 280 g/mol. The van der Waals surface area contributed by atoms with Crippen LogP contribution in [0.1, 0.15) is 19.8 Å². The van der Waals surface area contributed by atoms with Crippen LogP contribution in [0.4, 0.5) is 10.5 Å². The van der Waals surface area contributed by atoms with E-state index in [1.807, 2.05) is 30.3 Å². The van der Waals surface area contributed by atoms with Crippen LogP contribution in [-0.2, 0) is 0 Å². The summed E-state index contributed by atoms with van der Waals surface area (Å²) in [6, 6.07) is 8.96. The van der Waals surface area contributed by atoms with E-state index < -0.39 is 0 Å². The van der Waals surface area contributed by atoms with Gasteiger partial charge < -0.3 is 5.32 Å². The lowest BCUT2D eigenvalue weighted by Gasteiger charge is -2.11. The van der Waals surface area contributed by atoms with E-state index in [2.05, 4.69) is 28.1 Å². The number of amides is 2. The Morgan fingerprint density at radius 2 is 2.00 bits per heavy atom. The highest BCUT2D eigenvalue weighted by atomic mass is 32.2. The van der Waals surface area contributed by atoms with Gasteiger partial charge in [0.05, 0.1) is 0 Å². The fourth-order valence-electron chi connectivity index (χ4n) is 1.26. The number of aliphatic imine (C=N–C) groups is 1. The number of hydrogen-bond acceptors (Lipinski definition) is 3.